The highest BCUT2D eigenvalue weighted by atomic mass is 16.5. The number of nitrogens with one attached hydrogen (secondary N) is 2. The number of piperidine rings is 1. The molecule has 0 spiro atoms. The molecule has 3 rings (SSSR count). The van der Waals surface area contributed by atoms with Crippen molar-refractivity contribution in [3.63, 3.8) is 0 Å². The number of carbonyl (C=O) groups is 1. The quantitative estimate of drug-likeness (QED) is 0.520. The van der Waals surface area contributed by atoms with E-state index in [4.69, 9.17) is 25.8 Å². The number of likely N-dealkylation sites (tertiary alicyclic amines) is 1. The van der Waals surface area contributed by atoms with Crippen molar-refractivity contribution in [2.45, 2.75) is 38.2 Å². The molecule has 156 valence electrons. The second-order valence-electron chi connectivity index (χ2n) is 7.18. The number of nitrogen functional groups attached to an aromatic ring is 1. The maximum absolute atomic E-state index is 12.8. The minimum absolute atomic E-state index is 0.0489. The van der Waals surface area contributed by atoms with Gasteiger partial charge in [0, 0.05) is 44.2 Å². The van der Waals surface area contributed by atoms with Crippen LogP contribution >= 0.6 is 0 Å². The third-order valence-electron chi connectivity index (χ3n) is 4.82. The Morgan fingerprint density at radius 3 is 2.66 bits per heavy atom. The van der Waals surface area contributed by atoms with E-state index in [1.807, 2.05) is 30.9 Å². The largest absolute Gasteiger partial charge is 0.398 e. The molecule has 1 aromatic heterocycles. The zero-order valence-electron chi connectivity index (χ0n) is 17.0. The zero-order valence-corrected chi connectivity index (χ0v) is 17.0. The number of carbonyl (C=O) groups excluding carboxylic acids is 1. The summed E-state index contributed by atoms with van der Waals surface area (Å²) in [4.78, 5) is 19.1. The number of para-hydroxylation sites is 1. The molecule has 4 N–H and O–H groups in total. The van der Waals surface area contributed by atoms with Gasteiger partial charge >= 0.3 is 0 Å². The molecule has 1 aromatic carbocycles. The molecule has 0 aliphatic carbocycles. The monoisotopic (exact) mass is 400 g/mol. The van der Waals surface area contributed by atoms with Gasteiger partial charge in [0.15, 0.2) is 5.82 Å². The predicted molar refractivity (Wildman–Crippen MR) is 111 cm³/mol. The molecule has 1 atom stereocenters. The van der Waals surface area contributed by atoms with E-state index >= 15 is 0 Å². The summed E-state index contributed by atoms with van der Waals surface area (Å²) in [5.41, 5.74) is 6.35. The van der Waals surface area contributed by atoms with Crippen LogP contribution in [-0.2, 0) is 10.3 Å². The minimum Gasteiger partial charge on any atom is -0.398 e. The highest BCUT2D eigenvalue weighted by Crippen LogP contribution is 2.29. The van der Waals surface area contributed by atoms with E-state index in [0.717, 1.165) is 25.3 Å². The number of ether oxygens (including phenoxy) is 1. The number of anilines is 1. The number of rotatable bonds is 5. The first-order valence-corrected chi connectivity index (χ1v) is 9.36. The van der Waals surface area contributed by atoms with E-state index in [2.05, 4.69) is 10.1 Å². The Balaban J connectivity index is 0.000000687. The molecule has 1 amide bonds. The van der Waals surface area contributed by atoms with E-state index in [1.165, 1.54) is 0 Å². The third kappa shape index (κ3) is 5.47. The first-order chi connectivity index (χ1) is 13.8. The molecule has 1 fully saturated rings. The molecule has 1 aliphatic heterocycles. The summed E-state index contributed by atoms with van der Waals surface area (Å²) < 4.78 is 10.7. The number of aromatic nitrogens is 2. The topological polar surface area (TPSA) is 142 Å². The number of nitrogens with two attached hydrogens (primary N) is 1. The molecule has 1 saturated heterocycles. The van der Waals surface area contributed by atoms with Crippen molar-refractivity contribution in [3.05, 3.63) is 41.5 Å². The van der Waals surface area contributed by atoms with Gasteiger partial charge in [-0.25, -0.2) is 0 Å². The average molecular weight is 400 g/mol. The Kier molecular flexibility index (Phi) is 7.60. The van der Waals surface area contributed by atoms with E-state index in [-0.39, 0.29) is 11.8 Å². The molecule has 2 heterocycles. The van der Waals surface area contributed by atoms with E-state index in [0.29, 0.717) is 36.1 Å². The molecule has 0 bridgehead atoms. The van der Waals surface area contributed by atoms with E-state index in [9.17, 15) is 4.79 Å². The van der Waals surface area contributed by atoms with Gasteiger partial charge in [-0.3, -0.25) is 4.79 Å². The summed E-state index contributed by atoms with van der Waals surface area (Å²) in [7, 11) is 1.61. The number of amides is 1. The van der Waals surface area contributed by atoms with Crippen LogP contribution in [0, 0.1) is 10.8 Å². The number of benzene rings is 1. The molecule has 2 aromatic rings. The number of hydrogen-bond acceptors (Lipinski definition) is 8. The van der Waals surface area contributed by atoms with Crippen molar-refractivity contribution >= 4 is 24.0 Å². The Morgan fingerprint density at radius 1 is 1.34 bits per heavy atom. The molecule has 29 heavy (non-hydrogen) atoms. The predicted octanol–water partition coefficient (Wildman–Crippen LogP) is 2.84. The van der Waals surface area contributed by atoms with Crippen LogP contribution in [0.15, 0.2) is 28.8 Å². The lowest BCUT2D eigenvalue weighted by Gasteiger charge is -2.31. The van der Waals surface area contributed by atoms with Gasteiger partial charge in [-0.2, -0.15) is 4.98 Å². The normalized spacial score (nSPS) is 16.5. The molecule has 1 unspecified atom stereocenters. The van der Waals surface area contributed by atoms with Gasteiger partial charge in [-0.15, -0.1) is 0 Å². The summed E-state index contributed by atoms with van der Waals surface area (Å²) in [5.74, 6) is 1.07. The molecular formula is C20H28N6O3. The number of methoxy groups -OCH3 is 1. The summed E-state index contributed by atoms with van der Waals surface area (Å²) in [6.45, 7) is 5.01. The van der Waals surface area contributed by atoms with Crippen LogP contribution in [-0.4, -0.2) is 53.6 Å². The molecular weight excluding hydrogens is 372 g/mol. The van der Waals surface area contributed by atoms with Crippen LogP contribution in [0.2, 0.25) is 0 Å². The van der Waals surface area contributed by atoms with Crippen LogP contribution in [0.3, 0.4) is 0 Å². The SMILES string of the molecule is COC(C)(C)c1nc(C2CCCN(C(=O)c3ccccc3N)C2)no1.N=CC=N. The summed E-state index contributed by atoms with van der Waals surface area (Å²) in [6, 6.07) is 7.15. The second-order valence-corrected chi connectivity index (χ2v) is 7.18. The number of nitrogens with zero attached hydrogens (tertiary/aromatic N) is 3. The van der Waals surface area contributed by atoms with Crippen molar-refractivity contribution in [2.75, 3.05) is 25.9 Å². The number of hydrogen-bond donors (Lipinski definition) is 3. The van der Waals surface area contributed by atoms with Crippen molar-refractivity contribution in [2.24, 2.45) is 0 Å². The van der Waals surface area contributed by atoms with E-state index in [1.54, 1.807) is 19.2 Å². The van der Waals surface area contributed by atoms with Gasteiger partial charge in [-0.1, -0.05) is 17.3 Å². The van der Waals surface area contributed by atoms with Gasteiger partial charge in [0.1, 0.15) is 5.60 Å². The summed E-state index contributed by atoms with van der Waals surface area (Å²) in [5, 5.41) is 16.3. The van der Waals surface area contributed by atoms with Crippen LogP contribution in [0.1, 0.15) is 54.7 Å². The molecule has 0 radical (unpaired) electrons. The fourth-order valence-corrected chi connectivity index (χ4v) is 2.97. The lowest BCUT2D eigenvalue weighted by Crippen LogP contribution is -2.39. The standard InChI is InChI=1S/C18H24N4O3.C2H4N2/c1-18(2,24-3)17-20-15(21-25-17)12-7-6-10-22(11-12)16(23)13-8-4-5-9-14(13)19;3-1-2-4/h4-5,8-9,12H,6-7,10-11,19H2,1-3H3;1-4H. The average Bonchev–Trinajstić information content (AvgIpc) is 3.25. The van der Waals surface area contributed by atoms with Crippen LogP contribution in [0.5, 0.6) is 0 Å². The van der Waals surface area contributed by atoms with E-state index < -0.39 is 5.60 Å². The summed E-state index contributed by atoms with van der Waals surface area (Å²) in [6.07, 6.45) is 3.64. The highest BCUT2D eigenvalue weighted by Gasteiger charge is 2.32. The van der Waals surface area contributed by atoms with Crippen LogP contribution < -0.4 is 5.73 Å². The Labute approximate surface area is 170 Å². The molecule has 0 saturated carbocycles. The zero-order chi connectivity index (χ0) is 21.4. The van der Waals surface area contributed by atoms with Gasteiger partial charge in [-0.05, 0) is 38.8 Å². The van der Waals surface area contributed by atoms with Crippen LogP contribution in [0.4, 0.5) is 5.69 Å². The Hall–Kier alpha value is -3.07. The first kappa shape index (κ1) is 22.2. The smallest absolute Gasteiger partial charge is 0.258 e. The van der Waals surface area contributed by atoms with Gasteiger partial charge < -0.3 is 30.7 Å². The summed E-state index contributed by atoms with van der Waals surface area (Å²) >= 11 is 0. The van der Waals surface area contributed by atoms with Gasteiger partial charge in [0.05, 0.1) is 5.56 Å². The molecule has 1 aliphatic rings. The Bertz CT molecular complexity index is 842. The third-order valence-corrected chi connectivity index (χ3v) is 4.82. The highest BCUT2D eigenvalue weighted by molar-refractivity contribution is 6.12. The fraction of sp³-hybridized carbons (Fsp3) is 0.450. The Morgan fingerprint density at radius 2 is 2.03 bits per heavy atom. The first-order valence-electron chi connectivity index (χ1n) is 9.36. The maximum Gasteiger partial charge on any atom is 0.258 e. The van der Waals surface area contributed by atoms with Crippen LogP contribution in [0.25, 0.3) is 0 Å². The lowest BCUT2D eigenvalue weighted by atomic mass is 9.96. The van der Waals surface area contributed by atoms with Crippen molar-refractivity contribution < 1.29 is 14.1 Å². The second kappa shape index (κ2) is 9.92. The maximum atomic E-state index is 12.8. The van der Waals surface area contributed by atoms with Gasteiger partial charge in [0.25, 0.3) is 11.8 Å². The molecule has 9 nitrogen and oxygen atoms in total. The van der Waals surface area contributed by atoms with Crippen molar-refractivity contribution in [1.29, 1.82) is 10.8 Å². The lowest BCUT2D eigenvalue weighted by molar-refractivity contribution is -0.00787. The van der Waals surface area contributed by atoms with Crippen molar-refractivity contribution in [1.82, 2.24) is 15.0 Å². The fourth-order valence-electron chi connectivity index (χ4n) is 2.97. The minimum atomic E-state index is -0.631. The molecule has 9 heteroatoms. The van der Waals surface area contributed by atoms with Gasteiger partial charge in [0.2, 0.25) is 0 Å². The van der Waals surface area contributed by atoms with Crippen molar-refractivity contribution in [3.8, 4) is 0 Å².